The van der Waals surface area contributed by atoms with Gasteiger partial charge in [0.05, 0.1) is 4.92 Å². The molecule has 5 heteroatoms. The summed E-state index contributed by atoms with van der Waals surface area (Å²) in [5.74, 6) is 1.77. The molecular formula is C15H16N2O2S. The topological polar surface area (TPSA) is 55.2 Å². The van der Waals surface area contributed by atoms with Crippen LogP contribution in [0, 0.1) is 10.1 Å². The average molecular weight is 288 g/mol. The van der Waals surface area contributed by atoms with Crippen LogP contribution in [0.4, 0.5) is 11.4 Å². The van der Waals surface area contributed by atoms with Crippen molar-refractivity contribution in [3.05, 3.63) is 69.8 Å². The molecule has 0 aliphatic heterocycles. The van der Waals surface area contributed by atoms with Crippen LogP contribution in [-0.4, -0.2) is 12.0 Å². The number of hydrogen-bond acceptors (Lipinski definition) is 4. The number of nitrogens with one attached hydrogen (secondary N) is 1. The summed E-state index contributed by atoms with van der Waals surface area (Å²) in [6, 6.07) is 15.5. The number of benzene rings is 2. The SMILES string of the molecule is CNc1cc(CSCc2ccccc2)ccc1[N+](=O)[O-]. The van der Waals surface area contributed by atoms with Crippen LogP contribution in [0.15, 0.2) is 48.5 Å². The lowest BCUT2D eigenvalue weighted by Crippen LogP contribution is -1.97. The van der Waals surface area contributed by atoms with Crippen molar-refractivity contribution in [3.63, 3.8) is 0 Å². The van der Waals surface area contributed by atoms with E-state index in [9.17, 15) is 10.1 Å². The Morgan fingerprint density at radius 3 is 2.45 bits per heavy atom. The van der Waals surface area contributed by atoms with E-state index in [2.05, 4.69) is 17.4 Å². The third-order valence-electron chi connectivity index (χ3n) is 2.91. The highest BCUT2D eigenvalue weighted by atomic mass is 32.2. The molecule has 0 atom stereocenters. The van der Waals surface area contributed by atoms with Crippen molar-refractivity contribution >= 4 is 23.1 Å². The van der Waals surface area contributed by atoms with Crippen molar-refractivity contribution in [2.45, 2.75) is 11.5 Å². The van der Waals surface area contributed by atoms with E-state index in [1.54, 1.807) is 24.9 Å². The van der Waals surface area contributed by atoms with E-state index in [1.165, 1.54) is 5.56 Å². The van der Waals surface area contributed by atoms with Crippen molar-refractivity contribution in [1.82, 2.24) is 0 Å². The fourth-order valence-electron chi connectivity index (χ4n) is 1.89. The summed E-state index contributed by atoms with van der Waals surface area (Å²) in [4.78, 5) is 10.5. The van der Waals surface area contributed by atoms with Crippen LogP contribution in [0.2, 0.25) is 0 Å². The van der Waals surface area contributed by atoms with Gasteiger partial charge in [-0.05, 0) is 17.2 Å². The van der Waals surface area contributed by atoms with Crippen molar-refractivity contribution in [2.75, 3.05) is 12.4 Å². The van der Waals surface area contributed by atoms with Gasteiger partial charge in [-0.1, -0.05) is 36.4 Å². The van der Waals surface area contributed by atoms with E-state index in [-0.39, 0.29) is 10.6 Å². The molecule has 2 aromatic carbocycles. The first-order chi connectivity index (χ1) is 9.70. The van der Waals surface area contributed by atoms with Crippen molar-refractivity contribution in [2.24, 2.45) is 0 Å². The largest absolute Gasteiger partial charge is 0.383 e. The molecule has 0 spiro atoms. The molecule has 0 aliphatic rings. The molecule has 0 radical (unpaired) electrons. The predicted molar refractivity (Wildman–Crippen MR) is 84.1 cm³/mol. The van der Waals surface area contributed by atoms with Crippen molar-refractivity contribution in [3.8, 4) is 0 Å². The Morgan fingerprint density at radius 1 is 1.10 bits per heavy atom. The number of nitro groups is 1. The molecule has 0 saturated carbocycles. The van der Waals surface area contributed by atoms with Gasteiger partial charge in [0, 0.05) is 24.6 Å². The normalized spacial score (nSPS) is 10.2. The highest BCUT2D eigenvalue weighted by Gasteiger charge is 2.12. The van der Waals surface area contributed by atoms with Crippen LogP contribution in [0.3, 0.4) is 0 Å². The minimum absolute atomic E-state index is 0.115. The molecule has 0 fully saturated rings. The molecule has 0 saturated heterocycles. The third-order valence-corrected chi connectivity index (χ3v) is 3.98. The summed E-state index contributed by atoms with van der Waals surface area (Å²) in [5.41, 5.74) is 3.05. The molecule has 20 heavy (non-hydrogen) atoms. The van der Waals surface area contributed by atoms with Gasteiger partial charge >= 0.3 is 0 Å². The Labute approximate surface area is 122 Å². The molecule has 0 unspecified atom stereocenters. The van der Waals surface area contributed by atoms with Crippen molar-refractivity contribution < 1.29 is 4.92 Å². The summed E-state index contributed by atoms with van der Waals surface area (Å²) >= 11 is 1.80. The predicted octanol–water partition coefficient (Wildman–Crippen LogP) is 4.07. The van der Waals surface area contributed by atoms with Gasteiger partial charge in [-0.25, -0.2) is 0 Å². The quantitative estimate of drug-likeness (QED) is 0.643. The number of nitrogens with zero attached hydrogens (tertiary/aromatic N) is 1. The van der Waals surface area contributed by atoms with Crippen LogP contribution in [-0.2, 0) is 11.5 Å². The number of hydrogen-bond donors (Lipinski definition) is 1. The van der Waals surface area contributed by atoms with E-state index >= 15 is 0 Å². The lowest BCUT2D eigenvalue weighted by molar-refractivity contribution is -0.383. The zero-order valence-corrected chi connectivity index (χ0v) is 12.0. The second-order valence-electron chi connectivity index (χ2n) is 4.34. The smallest absolute Gasteiger partial charge is 0.292 e. The summed E-state index contributed by atoms with van der Waals surface area (Å²) in [7, 11) is 1.70. The Balaban J connectivity index is 1.98. The van der Waals surface area contributed by atoms with Gasteiger partial charge in [0.25, 0.3) is 5.69 Å². The summed E-state index contributed by atoms with van der Waals surface area (Å²) in [6.45, 7) is 0. The number of nitro benzene ring substituents is 1. The maximum absolute atomic E-state index is 10.9. The molecule has 0 heterocycles. The minimum atomic E-state index is -0.368. The Morgan fingerprint density at radius 2 is 1.80 bits per heavy atom. The van der Waals surface area contributed by atoms with Gasteiger partial charge in [0.1, 0.15) is 5.69 Å². The molecule has 0 amide bonds. The first-order valence-corrected chi connectivity index (χ1v) is 7.43. The van der Waals surface area contributed by atoms with Gasteiger partial charge < -0.3 is 5.32 Å². The summed E-state index contributed by atoms with van der Waals surface area (Å²) in [5, 5.41) is 13.7. The molecule has 0 aliphatic carbocycles. The van der Waals surface area contributed by atoms with E-state index < -0.39 is 0 Å². The van der Waals surface area contributed by atoms with Gasteiger partial charge in [-0.3, -0.25) is 10.1 Å². The van der Waals surface area contributed by atoms with Gasteiger partial charge in [-0.2, -0.15) is 11.8 Å². The minimum Gasteiger partial charge on any atom is -0.383 e. The van der Waals surface area contributed by atoms with E-state index in [0.717, 1.165) is 17.1 Å². The van der Waals surface area contributed by atoms with Gasteiger partial charge in [0.15, 0.2) is 0 Å². The Bertz CT molecular complexity index is 588. The molecule has 2 rings (SSSR count). The highest BCUT2D eigenvalue weighted by Crippen LogP contribution is 2.27. The van der Waals surface area contributed by atoms with Crippen LogP contribution in [0.25, 0.3) is 0 Å². The second-order valence-corrected chi connectivity index (χ2v) is 5.32. The van der Waals surface area contributed by atoms with E-state index in [4.69, 9.17) is 0 Å². The zero-order valence-electron chi connectivity index (χ0n) is 11.2. The molecule has 0 bridgehead atoms. The Kier molecular flexibility index (Phi) is 5.01. The van der Waals surface area contributed by atoms with Crippen LogP contribution in [0.5, 0.6) is 0 Å². The number of anilines is 1. The summed E-state index contributed by atoms with van der Waals surface area (Å²) < 4.78 is 0. The maximum Gasteiger partial charge on any atom is 0.292 e. The van der Waals surface area contributed by atoms with Crippen LogP contribution < -0.4 is 5.32 Å². The summed E-state index contributed by atoms with van der Waals surface area (Å²) in [6.07, 6.45) is 0. The van der Waals surface area contributed by atoms with Gasteiger partial charge in [-0.15, -0.1) is 0 Å². The second kappa shape index (κ2) is 6.96. The standard InChI is InChI=1S/C15H16N2O2S/c1-16-14-9-13(7-8-15(14)17(18)19)11-20-10-12-5-3-2-4-6-12/h2-9,16H,10-11H2,1H3. The monoisotopic (exact) mass is 288 g/mol. The molecule has 104 valence electrons. The van der Waals surface area contributed by atoms with Gasteiger partial charge in [0.2, 0.25) is 0 Å². The Hall–Kier alpha value is -2.01. The third kappa shape index (κ3) is 3.74. The van der Waals surface area contributed by atoms with Crippen LogP contribution in [0.1, 0.15) is 11.1 Å². The van der Waals surface area contributed by atoms with Crippen molar-refractivity contribution in [1.29, 1.82) is 0 Å². The molecule has 1 N–H and O–H groups in total. The average Bonchev–Trinajstić information content (AvgIpc) is 2.48. The van der Waals surface area contributed by atoms with E-state index in [0.29, 0.717) is 5.69 Å². The fourth-order valence-corrected chi connectivity index (χ4v) is 2.84. The molecule has 4 nitrogen and oxygen atoms in total. The van der Waals surface area contributed by atoms with Crippen LogP contribution >= 0.6 is 11.8 Å². The van der Waals surface area contributed by atoms with E-state index in [1.807, 2.05) is 30.3 Å². The first kappa shape index (κ1) is 14.4. The highest BCUT2D eigenvalue weighted by molar-refractivity contribution is 7.97. The molecular weight excluding hydrogens is 272 g/mol. The first-order valence-electron chi connectivity index (χ1n) is 6.27. The zero-order chi connectivity index (χ0) is 14.4. The lowest BCUT2D eigenvalue weighted by Gasteiger charge is -2.06. The number of thioether (sulfide) groups is 1. The number of rotatable bonds is 6. The lowest BCUT2D eigenvalue weighted by atomic mass is 10.2. The molecule has 0 aromatic heterocycles. The maximum atomic E-state index is 10.9. The fraction of sp³-hybridized carbons (Fsp3) is 0.200. The molecule has 2 aromatic rings.